The van der Waals surface area contributed by atoms with Crippen molar-refractivity contribution in [2.24, 2.45) is 5.92 Å². The Morgan fingerprint density at radius 3 is 2.74 bits per heavy atom. The molecule has 1 aromatic carbocycles. The molecule has 0 fully saturated rings. The summed E-state index contributed by atoms with van der Waals surface area (Å²) >= 11 is 0.704. The van der Waals surface area contributed by atoms with Crippen LogP contribution in [0.25, 0.3) is 17.4 Å². The first-order valence-electron chi connectivity index (χ1n) is 10.5. The van der Waals surface area contributed by atoms with Gasteiger partial charge in [0, 0.05) is 23.2 Å². The van der Waals surface area contributed by atoms with Crippen molar-refractivity contribution in [3.05, 3.63) is 53.3 Å². The van der Waals surface area contributed by atoms with E-state index in [2.05, 4.69) is 14.7 Å². The summed E-state index contributed by atoms with van der Waals surface area (Å²) in [5, 5.41) is 11.4. The van der Waals surface area contributed by atoms with Gasteiger partial charge >= 0.3 is 5.97 Å². The Bertz CT molecular complexity index is 1410. The largest absolute Gasteiger partial charge is 0.462 e. The maximum Gasteiger partial charge on any atom is 0.338 e. The number of sulfone groups is 1. The van der Waals surface area contributed by atoms with Gasteiger partial charge in [0.15, 0.2) is 0 Å². The molecular formula is C23H22N4O6S2. The normalized spacial score (nSPS) is 11.8. The molecule has 3 rings (SSSR count). The molecule has 182 valence electrons. The Balaban J connectivity index is 1.76. The summed E-state index contributed by atoms with van der Waals surface area (Å²) < 4.78 is 39.0. The van der Waals surface area contributed by atoms with Crippen molar-refractivity contribution < 1.29 is 27.2 Å². The molecule has 0 aliphatic carbocycles. The first-order valence-corrected chi connectivity index (χ1v) is 12.9. The Labute approximate surface area is 206 Å². The van der Waals surface area contributed by atoms with Crippen molar-refractivity contribution in [1.29, 1.82) is 5.26 Å². The highest BCUT2D eigenvalue weighted by Gasteiger charge is 2.23. The first-order chi connectivity index (χ1) is 16.6. The number of hydrogen-bond acceptors (Lipinski definition) is 10. The number of rotatable bonds is 9. The van der Waals surface area contributed by atoms with Gasteiger partial charge in [-0.25, -0.2) is 13.2 Å². The second-order valence-corrected chi connectivity index (χ2v) is 10.4. The van der Waals surface area contributed by atoms with Gasteiger partial charge in [0.2, 0.25) is 15.0 Å². The number of carbonyl (C=O) groups is 2. The number of nitrogens with zero attached hydrogens (tertiary/aromatic N) is 3. The minimum Gasteiger partial charge on any atom is -0.462 e. The number of nitrogens with one attached hydrogen (secondary N) is 1. The first kappa shape index (κ1) is 25.8. The SMILES string of the molecule is CCOC(=O)c1cccc(-c2ccc(/C=C(/C#N)C(=O)Nc3nc(S(=O)(=O)CC(C)C)ns3)o2)c1. The van der Waals surface area contributed by atoms with Crippen LogP contribution in [0.2, 0.25) is 0 Å². The maximum atomic E-state index is 12.5. The standard InChI is InChI=1S/C23H22N4O6S2/c1-4-32-21(29)16-7-5-6-15(10-16)19-9-8-18(33-19)11-17(12-24)20(28)25-22-26-23(27-34-22)35(30,31)13-14(2)3/h5-11,14H,4,13H2,1-3H3,(H,25,26,27,28)/b17-11-. The molecule has 0 saturated carbocycles. The zero-order chi connectivity index (χ0) is 25.6. The molecule has 0 spiro atoms. The molecule has 35 heavy (non-hydrogen) atoms. The quantitative estimate of drug-likeness (QED) is 0.254. The summed E-state index contributed by atoms with van der Waals surface area (Å²) in [4.78, 5) is 28.4. The van der Waals surface area contributed by atoms with Crippen LogP contribution in [0.3, 0.4) is 0 Å². The van der Waals surface area contributed by atoms with E-state index in [1.54, 1.807) is 63.2 Å². The predicted octanol–water partition coefficient (Wildman–Crippen LogP) is 3.95. The van der Waals surface area contributed by atoms with Crippen LogP contribution in [0, 0.1) is 17.2 Å². The molecular weight excluding hydrogens is 492 g/mol. The number of nitriles is 1. The number of aromatic nitrogens is 2. The molecule has 1 amide bonds. The van der Waals surface area contributed by atoms with Crippen LogP contribution in [0.4, 0.5) is 5.13 Å². The maximum absolute atomic E-state index is 12.5. The zero-order valence-corrected chi connectivity index (χ0v) is 20.8. The molecule has 1 N–H and O–H groups in total. The molecule has 2 heterocycles. The van der Waals surface area contributed by atoms with Gasteiger partial charge in [0.05, 0.1) is 17.9 Å². The van der Waals surface area contributed by atoms with Gasteiger partial charge in [-0.15, -0.1) is 0 Å². The van der Waals surface area contributed by atoms with Crippen molar-refractivity contribution >= 4 is 44.5 Å². The number of anilines is 1. The van der Waals surface area contributed by atoms with Gasteiger partial charge in [-0.1, -0.05) is 26.0 Å². The van der Waals surface area contributed by atoms with Crippen molar-refractivity contribution in [3.8, 4) is 17.4 Å². The molecule has 0 saturated heterocycles. The average Bonchev–Trinajstić information content (AvgIpc) is 3.47. The van der Waals surface area contributed by atoms with Gasteiger partial charge in [-0.3, -0.25) is 10.1 Å². The van der Waals surface area contributed by atoms with Crippen LogP contribution in [-0.4, -0.2) is 42.0 Å². The molecule has 0 unspecified atom stereocenters. The Morgan fingerprint density at radius 1 is 1.29 bits per heavy atom. The molecule has 0 aliphatic rings. The lowest BCUT2D eigenvalue weighted by Gasteiger charge is -2.03. The summed E-state index contributed by atoms with van der Waals surface area (Å²) in [7, 11) is -3.67. The van der Waals surface area contributed by atoms with Gasteiger partial charge in [0.1, 0.15) is 23.2 Å². The minimum absolute atomic E-state index is 0.0469. The van der Waals surface area contributed by atoms with Gasteiger partial charge in [-0.2, -0.15) is 14.6 Å². The third kappa shape index (κ3) is 6.62. The van der Waals surface area contributed by atoms with Gasteiger partial charge in [0.25, 0.3) is 11.1 Å². The molecule has 10 nitrogen and oxygen atoms in total. The Hall–Kier alpha value is -3.82. The number of amides is 1. The number of esters is 1. The van der Waals surface area contributed by atoms with Crippen LogP contribution >= 0.6 is 11.5 Å². The van der Waals surface area contributed by atoms with Crippen LogP contribution in [0.5, 0.6) is 0 Å². The van der Waals surface area contributed by atoms with Gasteiger partial charge < -0.3 is 9.15 Å². The second kappa shape index (κ2) is 11.1. The van der Waals surface area contributed by atoms with Crippen LogP contribution in [0.1, 0.15) is 36.9 Å². The molecule has 0 bridgehead atoms. The highest BCUT2D eigenvalue weighted by molar-refractivity contribution is 7.91. The predicted molar refractivity (Wildman–Crippen MR) is 129 cm³/mol. The van der Waals surface area contributed by atoms with E-state index in [1.165, 1.54) is 6.08 Å². The van der Waals surface area contributed by atoms with E-state index in [0.717, 1.165) is 0 Å². The van der Waals surface area contributed by atoms with E-state index in [0.29, 0.717) is 28.4 Å². The van der Waals surface area contributed by atoms with E-state index in [1.807, 2.05) is 0 Å². The highest BCUT2D eigenvalue weighted by Crippen LogP contribution is 2.25. The lowest BCUT2D eigenvalue weighted by atomic mass is 10.1. The topological polar surface area (TPSA) is 152 Å². The monoisotopic (exact) mass is 514 g/mol. The summed E-state index contributed by atoms with van der Waals surface area (Å²) in [6, 6.07) is 11.7. The van der Waals surface area contributed by atoms with E-state index in [9.17, 15) is 23.3 Å². The van der Waals surface area contributed by atoms with E-state index < -0.39 is 21.7 Å². The lowest BCUT2D eigenvalue weighted by molar-refractivity contribution is -0.112. The summed E-state index contributed by atoms with van der Waals surface area (Å²) in [5.74, 6) is -0.834. The average molecular weight is 515 g/mol. The third-order valence-electron chi connectivity index (χ3n) is 4.40. The third-order valence-corrected chi connectivity index (χ3v) is 6.99. The Morgan fingerprint density at radius 2 is 2.06 bits per heavy atom. The van der Waals surface area contributed by atoms with E-state index in [-0.39, 0.29) is 39.9 Å². The second-order valence-electron chi connectivity index (χ2n) is 7.68. The smallest absolute Gasteiger partial charge is 0.338 e. The van der Waals surface area contributed by atoms with Crippen molar-refractivity contribution in [1.82, 2.24) is 9.36 Å². The fourth-order valence-electron chi connectivity index (χ4n) is 2.96. The lowest BCUT2D eigenvalue weighted by Crippen LogP contribution is -2.15. The van der Waals surface area contributed by atoms with Crippen molar-refractivity contribution in [3.63, 3.8) is 0 Å². The van der Waals surface area contributed by atoms with Crippen molar-refractivity contribution in [2.45, 2.75) is 25.9 Å². The van der Waals surface area contributed by atoms with Crippen LogP contribution in [-0.2, 0) is 19.4 Å². The number of hydrogen-bond donors (Lipinski definition) is 1. The number of ether oxygens (including phenoxy) is 1. The number of benzene rings is 1. The molecule has 2 aromatic heterocycles. The van der Waals surface area contributed by atoms with E-state index in [4.69, 9.17) is 9.15 Å². The number of carbonyl (C=O) groups excluding carboxylic acids is 2. The van der Waals surface area contributed by atoms with Crippen LogP contribution < -0.4 is 5.32 Å². The summed E-state index contributed by atoms with van der Waals surface area (Å²) in [6.45, 7) is 5.49. The minimum atomic E-state index is -3.67. The fourth-order valence-corrected chi connectivity index (χ4v) is 5.31. The van der Waals surface area contributed by atoms with Crippen LogP contribution in [0.15, 0.2) is 51.5 Å². The molecule has 3 aromatic rings. The van der Waals surface area contributed by atoms with Gasteiger partial charge in [-0.05, 0) is 37.1 Å². The molecule has 0 radical (unpaired) electrons. The Kier molecular flexibility index (Phi) is 8.16. The fraction of sp³-hybridized carbons (Fsp3) is 0.261. The molecule has 0 aliphatic heterocycles. The highest BCUT2D eigenvalue weighted by atomic mass is 32.2. The zero-order valence-electron chi connectivity index (χ0n) is 19.1. The summed E-state index contributed by atoms with van der Waals surface area (Å²) in [5.41, 5.74) is 0.692. The molecule has 0 atom stereocenters. The van der Waals surface area contributed by atoms with E-state index >= 15 is 0 Å². The van der Waals surface area contributed by atoms with Crippen molar-refractivity contribution in [2.75, 3.05) is 17.7 Å². The summed E-state index contributed by atoms with van der Waals surface area (Å²) in [6.07, 6.45) is 1.24. The molecule has 12 heteroatoms. The number of furan rings is 1.